The molecule has 1 N–H and O–H groups in total. The fourth-order valence-corrected chi connectivity index (χ4v) is 3.22. The normalized spacial score (nSPS) is 24.8. The van der Waals surface area contributed by atoms with Crippen LogP contribution in [-0.2, 0) is 0 Å². The Labute approximate surface area is 121 Å². The van der Waals surface area contributed by atoms with Gasteiger partial charge < -0.3 is 14.8 Å². The Bertz CT molecular complexity index is 470. The van der Waals surface area contributed by atoms with Crippen LogP contribution in [-0.4, -0.2) is 19.3 Å². The maximum absolute atomic E-state index is 5.77. The van der Waals surface area contributed by atoms with Gasteiger partial charge in [0.05, 0.1) is 13.2 Å². The van der Waals surface area contributed by atoms with Crippen molar-refractivity contribution in [3.05, 3.63) is 18.2 Å². The summed E-state index contributed by atoms with van der Waals surface area (Å²) in [4.78, 5) is 0. The lowest BCUT2D eigenvalue weighted by atomic mass is 9.73. The molecule has 0 saturated heterocycles. The quantitative estimate of drug-likeness (QED) is 0.876. The molecule has 0 aromatic heterocycles. The smallest absolute Gasteiger partial charge is 0.163 e. The van der Waals surface area contributed by atoms with Crippen LogP contribution in [0.15, 0.2) is 18.2 Å². The molecule has 1 atom stereocenters. The maximum atomic E-state index is 5.77. The molecule has 3 heteroatoms. The molecule has 1 fully saturated rings. The van der Waals surface area contributed by atoms with Gasteiger partial charge in [-0.15, -0.1) is 0 Å². The van der Waals surface area contributed by atoms with E-state index in [-0.39, 0.29) is 0 Å². The Morgan fingerprint density at radius 3 is 2.65 bits per heavy atom. The summed E-state index contributed by atoms with van der Waals surface area (Å²) >= 11 is 0. The van der Waals surface area contributed by atoms with Gasteiger partial charge in [-0.2, -0.15) is 0 Å². The Morgan fingerprint density at radius 2 is 1.85 bits per heavy atom. The fraction of sp³-hybridized carbons (Fsp3) is 0.647. The molecule has 0 radical (unpaired) electrons. The molecule has 3 nitrogen and oxygen atoms in total. The highest BCUT2D eigenvalue weighted by Crippen LogP contribution is 2.39. The monoisotopic (exact) mass is 275 g/mol. The fourth-order valence-electron chi connectivity index (χ4n) is 3.22. The number of hydrogen-bond acceptors (Lipinski definition) is 3. The molecule has 0 amide bonds. The molecule has 3 rings (SSSR count). The molecule has 1 aromatic carbocycles. The predicted octanol–water partition coefficient (Wildman–Crippen LogP) is 4.23. The van der Waals surface area contributed by atoms with E-state index in [1.807, 2.05) is 6.07 Å². The van der Waals surface area contributed by atoms with Gasteiger partial charge in [-0.25, -0.2) is 0 Å². The van der Waals surface area contributed by atoms with E-state index in [1.165, 1.54) is 25.7 Å². The summed E-state index contributed by atoms with van der Waals surface area (Å²) in [5, 5.41) is 3.71. The summed E-state index contributed by atoms with van der Waals surface area (Å²) in [6.07, 6.45) is 6.18. The van der Waals surface area contributed by atoms with Gasteiger partial charge in [0.25, 0.3) is 0 Å². The summed E-state index contributed by atoms with van der Waals surface area (Å²) < 4.78 is 11.4. The lowest BCUT2D eigenvalue weighted by molar-refractivity contribution is 0.217. The molecule has 110 valence electrons. The number of benzene rings is 1. The van der Waals surface area contributed by atoms with E-state index in [0.29, 0.717) is 11.5 Å². The minimum Gasteiger partial charge on any atom is -0.490 e. The number of nitrogens with one attached hydrogen (secondary N) is 1. The van der Waals surface area contributed by atoms with Gasteiger partial charge in [0.1, 0.15) is 0 Å². The number of hydrogen-bond donors (Lipinski definition) is 1. The van der Waals surface area contributed by atoms with E-state index in [4.69, 9.17) is 9.47 Å². The summed E-state index contributed by atoms with van der Waals surface area (Å²) in [6.45, 7) is 6.22. The van der Waals surface area contributed by atoms with Crippen LogP contribution in [0.3, 0.4) is 0 Å². The van der Waals surface area contributed by atoms with Crippen molar-refractivity contribution in [2.24, 2.45) is 5.41 Å². The van der Waals surface area contributed by atoms with Crippen molar-refractivity contribution in [3.8, 4) is 11.5 Å². The molecular weight excluding hydrogens is 250 g/mol. The van der Waals surface area contributed by atoms with Gasteiger partial charge in [-0.05, 0) is 30.4 Å². The van der Waals surface area contributed by atoms with E-state index < -0.39 is 0 Å². The highest BCUT2D eigenvalue weighted by molar-refractivity contribution is 5.55. The number of ether oxygens (including phenoxy) is 2. The maximum Gasteiger partial charge on any atom is 0.163 e. The van der Waals surface area contributed by atoms with Crippen molar-refractivity contribution in [3.63, 3.8) is 0 Å². The van der Waals surface area contributed by atoms with Crippen LogP contribution in [0.5, 0.6) is 11.5 Å². The molecule has 20 heavy (non-hydrogen) atoms. The number of fused-ring (bicyclic) bond motifs is 1. The minimum atomic E-state index is 0.363. The summed E-state index contributed by atoms with van der Waals surface area (Å²) in [6, 6.07) is 6.77. The van der Waals surface area contributed by atoms with Gasteiger partial charge in [0.15, 0.2) is 11.5 Å². The molecule has 0 bridgehead atoms. The standard InChI is InChI=1S/C17H25NO2/c1-17(2)9-4-3-6-16(17)18-13-7-8-14-15(12-13)20-11-5-10-19-14/h7-8,12,16,18H,3-6,9-11H2,1-2H3. The first kappa shape index (κ1) is 13.6. The van der Waals surface area contributed by atoms with Crippen molar-refractivity contribution in [1.29, 1.82) is 0 Å². The average Bonchev–Trinajstić information content (AvgIpc) is 2.66. The highest BCUT2D eigenvalue weighted by Gasteiger charge is 2.32. The van der Waals surface area contributed by atoms with Gasteiger partial charge in [-0.3, -0.25) is 0 Å². The molecule has 1 unspecified atom stereocenters. The van der Waals surface area contributed by atoms with Crippen molar-refractivity contribution in [1.82, 2.24) is 0 Å². The van der Waals surface area contributed by atoms with E-state index in [0.717, 1.165) is 36.8 Å². The Morgan fingerprint density at radius 1 is 1.05 bits per heavy atom. The third kappa shape index (κ3) is 2.87. The Hall–Kier alpha value is -1.38. The summed E-state index contributed by atoms with van der Waals surface area (Å²) in [5.41, 5.74) is 1.51. The zero-order chi connectivity index (χ0) is 14.0. The van der Waals surface area contributed by atoms with Crippen LogP contribution in [0.4, 0.5) is 5.69 Å². The zero-order valence-corrected chi connectivity index (χ0v) is 12.6. The van der Waals surface area contributed by atoms with Crippen LogP contribution in [0, 0.1) is 5.41 Å². The minimum absolute atomic E-state index is 0.363. The lowest BCUT2D eigenvalue weighted by Gasteiger charge is -2.39. The zero-order valence-electron chi connectivity index (χ0n) is 12.6. The molecule has 1 aromatic rings. The first-order chi connectivity index (χ1) is 9.65. The summed E-state index contributed by atoms with van der Waals surface area (Å²) in [5.74, 6) is 1.75. The number of anilines is 1. The van der Waals surface area contributed by atoms with Gasteiger partial charge in [0.2, 0.25) is 0 Å². The largest absolute Gasteiger partial charge is 0.490 e. The SMILES string of the molecule is CC1(C)CCCCC1Nc1ccc2c(c1)OCCCO2. The van der Waals surface area contributed by atoms with Crippen molar-refractivity contribution < 1.29 is 9.47 Å². The average molecular weight is 275 g/mol. The van der Waals surface area contributed by atoms with Crippen molar-refractivity contribution >= 4 is 5.69 Å². The van der Waals surface area contributed by atoms with Gasteiger partial charge in [0, 0.05) is 24.2 Å². The van der Waals surface area contributed by atoms with Crippen LogP contribution < -0.4 is 14.8 Å². The third-order valence-corrected chi connectivity index (χ3v) is 4.60. The molecule has 2 aliphatic rings. The van der Waals surface area contributed by atoms with Crippen LogP contribution >= 0.6 is 0 Å². The van der Waals surface area contributed by atoms with E-state index in [9.17, 15) is 0 Å². The lowest BCUT2D eigenvalue weighted by Crippen LogP contribution is -2.38. The molecule has 1 saturated carbocycles. The van der Waals surface area contributed by atoms with Crippen LogP contribution in [0.25, 0.3) is 0 Å². The molecule has 1 aliphatic heterocycles. The van der Waals surface area contributed by atoms with Crippen LogP contribution in [0.1, 0.15) is 46.0 Å². The van der Waals surface area contributed by atoms with E-state index >= 15 is 0 Å². The van der Waals surface area contributed by atoms with Gasteiger partial charge in [-0.1, -0.05) is 26.7 Å². The van der Waals surface area contributed by atoms with Gasteiger partial charge >= 0.3 is 0 Å². The second-order valence-corrected chi connectivity index (χ2v) is 6.64. The second-order valence-electron chi connectivity index (χ2n) is 6.64. The van der Waals surface area contributed by atoms with Crippen molar-refractivity contribution in [2.45, 2.75) is 52.0 Å². The first-order valence-electron chi connectivity index (χ1n) is 7.81. The predicted molar refractivity (Wildman–Crippen MR) is 81.7 cm³/mol. The number of rotatable bonds is 2. The van der Waals surface area contributed by atoms with E-state index in [1.54, 1.807) is 0 Å². The highest BCUT2D eigenvalue weighted by atomic mass is 16.5. The van der Waals surface area contributed by atoms with E-state index in [2.05, 4.69) is 31.3 Å². The molecule has 1 heterocycles. The topological polar surface area (TPSA) is 30.5 Å². The molecular formula is C17H25NO2. The Kier molecular flexibility index (Phi) is 3.77. The van der Waals surface area contributed by atoms with Crippen molar-refractivity contribution in [2.75, 3.05) is 18.5 Å². The first-order valence-corrected chi connectivity index (χ1v) is 7.81. The molecule has 0 spiro atoms. The Balaban J connectivity index is 1.76. The summed E-state index contributed by atoms with van der Waals surface area (Å²) in [7, 11) is 0. The molecule has 1 aliphatic carbocycles. The third-order valence-electron chi connectivity index (χ3n) is 4.60. The second kappa shape index (κ2) is 5.55. The van der Waals surface area contributed by atoms with Crippen LogP contribution in [0.2, 0.25) is 0 Å².